The van der Waals surface area contributed by atoms with Gasteiger partial charge in [0.2, 0.25) is 0 Å². The molecule has 3 nitrogen and oxygen atoms in total. The second-order valence-electron chi connectivity index (χ2n) is 5.15. The van der Waals surface area contributed by atoms with E-state index >= 15 is 0 Å². The van der Waals surface area contributed by atoms with Crippen molar-refractivity contribution < 1.29 is 9.53 Å². The van der Waals surface area contributed by atoms with Gasteiger partial charge in [-0.15, -0.1) is 0 Å². The smallest absolute Gasteiger partial charge is 0.194 e. The fourth-order valence-corrected chi connectivity index (χ4v) is 2.75. The lowest BCUT2D eigenvalue weighted by molar-refractivity contribution is 0.103. The topological polar surface area (TPSA) is 31.2 Å². The number of benzene rings is 1. The van der Waals surface area contributed by atoms with Crippen molar-refractivity contribution in [2.75, 3.05) is 13.7 Å². The highest BCUT2D eigenvalue weighted by atomic mass is 16.5. The van der Waals surface area contributed by atoms with Crippen LogP contribution in [0.15, 0.2) is 36.4 Å². The van der Waals surface area contributed by atoms with Crippen molar-refractivity contribution in [1.29, 1.82) is 0 Å². The van der Waals surface area contributed by atoms with E-state index in [1.807, 2.05) is 50.2 Å². The first-order chi connectivity index (χ1) is 9.56. The van der Waals surface area contributed by atoms with Gasteiger partial charge in [0, 0.05) is 29.6 Å². The number of carbonyl (C=O) groups is 1. The van der Waals surface area contributed by atoms with Crippen molar-refractivity contribution in [3.05, 3.63) is 58.9 Å². The zero-order valence-electron chi connectivity index (χ0n) is 12.5. The van der Waals surface area contributed by atoms with Gasteiger partial charge in [0.1, 0.15) is 0 Å². The molecule has 0 bridgehead atoms. The highest BCUT2D eigenvalue weighted by molar-refractivity contribution is 6.09. The Kier molecular flexibility index (Phi) is 4.40. The van der Waals surface area contributed by atoms with Crippen molar-refractivity contribution in [3.8, 4) is 0 Å². The Hall–Kier alpha value is -1.87. The van der Waals surface area contributed by atoms with Crippen LogP contribution in [0.3, 0.4) is 0 Å². The lowest BCUT2D eigenvalue weighted by Gasteiger charge is -2.17. The highest BCUT2D eigenvalue weighted by Crippen LogP contribution is 2.23. The third kappa shape index (κ3) is 2.68. The maximum Gasteiger partial charge on any atom is 0.194 e. The molecule has 2 aromatic rings. The summed E-state index contributed by atoms with van der Waals surface area (Å²) in [4.78, 5) is 12.6. The Morgan fingerprint density at radius 2 is 1.90 bits per heavy atom. The molecule has 0 aliphatic heterocycles. The van der Waals surface area contributed by atoms with E-state index in [0.717, 1.165) is 22.5 Å². The van der Waals surface area contributed by atoms with Crippen LogP contribution < -0.4 is 0 Å². The number of hydrogen-bond donors (Lipinski definition) is 0. The first-order valence-corrected chi connectivity index (χ1v) is 6.83. The van der Waals surface area contributed by atoms with Crippen LogP contribution in [0.5, 0.6) is 0 Å². The lowest BCUT2D eigenvalue weighted by atomic mass is 10.0. The first kappa shape index (κ1) is 14.5. The van der Waals surface area contributed by atoms with Gasteiger partial charge in [0.25, 0.3) is 0 Å². The summed E-state index contributed by atoms with van der Waals surface area (Å²) in [5.74, 6) is 0.0783. The van der Waals surface area contributed by atoms with Crippen molar-refractivity contribution >= 4 is 5.78 Å². The van der Waals surface area contributed by atoms with Crippen molar-refractivity contribution in [1.82, 2.24) is 4.57 Å². The van der Waals surface area contributed by atoms with Crippen molar-refractivity contribution in [3.63, 3.8) is 0 Å². The quantitative estimate of drug-likeness (QED) is 0.779. The molecular weight excluding hydrogens is 250 g/mol. The third-order valence-electron chi connectivity index (χ3n) is 3.61. The molecule has 0 N–H and O–H groups in total. The molecule has 2 rings (SSSR count). The average molecular weight is 271 g/mol. The summed E-state index contributed by atoms with van der Waals surface area (Å²) in [6, 6.07) is 11.6. The summed E-state index contributed by atoms with van der Waals surface area (Å²) in [5.41, 5.74) is 3.59. The monoisotopic (exact) mass is 271 g/mol. The summed E-state index contributed by atoms with van der Waals surface area (Å²) in [5, 5.41) is 0. The molecule has 1 aromatic heterocycles. The molecule has 3 heteroatoms. The Labute approximate surface area is 120 Å². The molecule has 0 aliphatic rings. The molecule has 20 heavy (non-hydrogen) atoms. The van der Waals surface area contributed by atoms with Gasteiger partial charge in [-0.05, 0) is 26.8 Å². The van der Waals surface area contributed by atoms with Gasteiger partial charge >= 0.3 is 0 Å². The molecule has 0 aliphatic carbocycles. The van der Waals surface area contributed by atoms with E-state index in [-0.39, 0.29) is 11.8 Å². The second kappa shape index (κ2) is 6.06. The molecular formula is C17H21NO2. The number of aryl methyl sites for hydroxylation is 1. The SMILES string of the molecule is COC[C@H](C)n1c(C)cc(C(=O)c2ccccc2)c1C. The van der Waals surface area contributed by atoms with E-state index in [2.05, 4.69) is 11.5 Å². The fourth-order valence-electron chi connectivity index (χ4n) is 2.75. The van der Waals surface area contributed by atoms with Gasteiger partial charge in [-0.1, -0.05) is 30.3 Å². The summed E-state index contributed by atoms with van der Waals surface area (Å²) in [6.45, 7) is 6.76. The number of hydrogen-bond acceptors (Lipinski definition) is 2. The molecule has 1 heterocycles. The number of ether oxygens (including phenoxy) is 1. The fraction of sp³-hybridized carbons (Fsp3) is 0.353. The highest BCUT2D eigenvalue weighted by Gasteiger charge is 2.19. The normalized spacial score (nSPS) is 12.4. The van der Waals surface area contributed by atoms with Crippen LogP contribution in [-0.2, 0) is 4.74 Å². The molecule has 0 saturated carbocycles. The average Bonchev–Trinajstić information content (AvgIpc) is 2.74. The number of aromatic nitrogens is 1. The standard InChI is InChI=1S/C17H21NO2/c1-12-10-16(14(3)18(12)13(2)11-20-4)17(19)15-8-6-5-7-9-15/h5-10,13H,11H2,1-4H3/t13-/m0/s1. The third-order valence-corrected chi connectivity index (χ3v) is 3.61. The summed E-state index contributed by atoms with van der Waals surface area (Å²) >= 11 is 0. The zero-order chi connectivity index (χ0) is 14.7. The Bertz CT molecular complexity index is 599. The molecule has 0 spiro atoms. The van der Waals surface area contributed by atoms with Gasteiger partial charge in [-0.25, -0.2) is 0 Å². The predicted octanol–water partition coefficient (Wildman–Crippen LogP) is 3.54. The maximum atomic E-state index is 12.6. The zero-order valence-corrected chi connectivity index (χ0v) is 12.5. The van der Waals surface area contributed by atoms with Crippen molar-refractivity contribution in [2.45, 2.75) is 26.8 Å². The summed E-state index contributed by atoms with van der Waals surface area (Å²) in [6.07, 6.45) is 0. The van der Waals surface area contributed by atoms with E-state index in [4.69, 9.17) is 4.74 Å². The van der Waals surface area contributed by atoms with Crippen LogP contribution in [-0.4, -0.2) is 24.1 Å². The van der Waals surface area contributed by atoms with Gasteiger partial charge in [0.05, 0.1) is 12.6 Å². The van der Waals surface area contributed by atoms with E-state index < -0.39 is 0 Å². The molecule has 0 fully saturated rings. The molecule has 1 atom stereocenters. The Balaban J connectivity index is 2.40. The first-order valence-electron chi connectivity index (χ1n) is 6.83. The molecule has 0 saturated heterocycles. The number of carbonyl (C=O) groups excluding carboxylic acids is 1. The molecule has 0 unspecified atom stereocenters. The van der Waals surface area contributed by atoms with Crippen LogP contribution in [0.25, 0.3) is 0 Å². The van der Waals surface area contributed by atoms with E-state index in [9.17, 15) is 4.79 Å². The lowest BCUT2D eigenvalue weighted by Crippen LogP contribution is -2.14. The van der Waals surface area contributed by atoms with Crippen LogP contribution in [0.4, 0.5) is 0 Å². The van der Waals surface area contributed by atoms with Crippen molar-refractivity contribution in [2.24, 2.45) is 0 Å². The maximum absolute atomic E-state index is 12.6. The van der Waals surface area contributed by atoms with Gasteiger partial charge in [-0.3, -0.25) is 4.79 Å². The minimum Gasteiger partial charge on any atom is -0.383 e. The minimum atomic E-state index is 0.0783. The molecule has 0 amide bonds. The minimum absolute atomic E-state index is 0.0783. The van der Waals surface area contributed by atoms with E-state index in [1.165, 1.54) is 0 Å². The van der Waals surface area contributed by atoms with Crippen LogP contribution >= 0.6 is 0 Å². The van der Waals surface area contributed by atoms with Crippen LogP contribution in [0.2, 0.25) is 0 Å². The van der Waals surface area contributed by atoms with Gasteiger partial charge in [0.15, 0.2) is 5.78 Å². The second-order valence-corrected chi connectivity index (χ2v) is 5.15. The van der Waals surface area contributed by atoms with Gasteiger partial charge in [-0.2, -0.15) is 0 Å². The molecule has 1 aromatic carbocycles. The van der Waals surface area contributed by atoms with E-state index in [1.54, 1.807) is 7.11 Å². The predicted molar refractivity (Wildman–Crippen MR) is 80.4 cm³/mol. The summed E-state index contributed by atoms with van der Waals surface area (Å²) in [7, 11) is 1.70. The Morgan fingerprint density at radius 3 is 2.50 bits per heavy atom. The summed E-state index contributed by atoms with van der Waals surface area (Å²) < 4.78 is 7.38. The molecule has 106 valence electrons. The number of rotatable bonds is 5. The number of ketones is 1. The number of nitrogens with zero attached hydrogens (tertiary/aromatic N) is 1. The van der Waals surface area contributed by atoms with E-state index in [0.29, 0.717) is 6.61 Å². The Morgan fingerprint density at radius 1 is 1.25 bits per heavy atom. The van der Waals surface area contributed by atoms with Gasteiger partial charge < -0.3 is 9.30 Å². The van der Waals surface area contributed by atoms with Crippen LogP contribution in [0.1, 0.15) is 40.3 Å². The number of methoxy groups -OCH3 is 1. The largest absolute Gasteiger partial charge is 0.383 e. The molecule has 0 radical (unpaired) electrons. The van der Waals surface area contributed by atoms with Crippen LogP contribution in [0, 0.1) is 13.8 Å².